The molecule has 3 N–H and O–H groups in total. The second-order valence-corrected chi connectivity index (χ2v) is 17.6. The highest BCUT2D eigenvalue weighted by molar-refractivity contribution is 6.19. The van der Waals surface area contributed by atoms with Crippen LogP contribution in [0.3, 0.4) is 0 Å². The molecule has 302 valence electrons. The van der Waals surface area contributed by atoms with E-state index in [4.69, 9.17) is 19.3 Å². The van der Waals surface area contributed by atoms with Crippen LogP contribution < -0.4 is 14.8 Å². The van der Waals surface area contributed by atoms with E-state index in [0.29, 0.717) is 60.3 Å². The van der Waals surface area contributed by atoms with Crippen LogP contribution in [0.25, 0.3) is 6.08 Å². The Labute approximate surface area is 331 Å². The number of carboxylic acids is 1. The second kappa shape index (κ2) is 15.5. The Balaban J connectivity index is 1.36. The van der Waals surface area contributed by atoms with Gasteiger partial charge in [-0.05, 0) is 106 Å². The molecule has 0 aromatic heterocycles. The lowest BCUT2D eigenvalue weighted by atomic mass is 9.51. The number of hydrogen-bond acceptors (Lipinski definition) is 8. The van der Waals surface area contributed by atoms with Crippen LogP contribution in [-0.2, 0) is 25.5 Å². The summed E-state index contributed by atoms with van der Waals surface area (Å²) in [5.41, 5.74) is -0.491. The quantitative estimate of drug-likeness (QED) is 0.0853. The minimum Gasteiger partial charge on any atom is -0.506 e. The number of hydrogen-bond donors (Lipinski definition) is 3. The van der Waals surface area contributed by atoms with Crippen molar-refractivity contribution in [1.29, 1.82) is 0 Å². The number of ketones is 2. The number of rotatable bonds is 16. The number of aliphatic carboxylic acids is 1. The molecule has 6 aliphatic rings. The minimum atomic E-state index is -1.60. The second-order valence-electron chi connectivity index (χ2n) is 17.6. The summed E-state index contributed by atoms with van der Waals surface area (Å²) in [5, 5.41) is 23.7. The van der Waals surface area contributed by atoms with Crippen LogP contribution in [0.5, 0.6) is 17.2 Å². The van der Waals surface area contributed by atoms with E-state index in [1.54, 1.807) is 19.1 Å². The maximum Gasteiger partial charge on any atom is 0.303 e. The van der Waals surface area contributed by atoms with E-state index >= 15 is 0 Å². The average molecular weight is 770 g/mol. The number of fused-ring (bicyclic) bond motifs is 2. The first-order valence-electron chi connectivity index (χ1n) is 20.3. The van der Waals surface area contributed by atoms with Gasteiger partial charge in [0.15, 0.2) is 22.8 Å². The molecule has 7 rings (SSSR count). The molecule has 1 saturated carbocycles. The Morgan fingerprint density at radius 2 is 1.62 bits per heavy atom. The van der Waals surface area contributed by atoms with Gasteiger partial charge < -0.3 is 29.7 Å². The van der Waals surface area contributed by atoms with Crippen molar-refractivity contribution in [2.24, 2.45) is 11.8 Å². The number of Topliss-reactive ketones (excluding diaryl/α,β-unsaturated/α-hetero) is 2. The first-order valence-corrected chi connectivity index (χ1v) is 20.3. The van der Waals surface area contributed by atoms with Crippen molar-refractivity contribution >= 4 is 29.5 Å². The number of unbranched alkanes of at least 4 members (excludes halogenated alkanes) is 4. The van der Waals surface area contributed by atoms with Crippen LogP contribution in [0.15, 0.2) is 52.7 Å². The zero-order chi connectivity index (χ0) is 40.8. The summed E-state index contributed by atoms with van der Waals surface area (Å²) in [5.74, 6) is -2.09. The third-order valence-electron chi connectivity index (χ3n) is 12.4. The van der Waals surface area contributed by atoms with E-state index in [0.717, 1.165) is 37.7 Å². The SMILES string of the molecule is CC(C)=CCCC1(C)C=Cc2c(O)c3c(c(CC=C(C)C)c2O1)OC12C(=CC4CC1C(C)(C)OC2(CC=C(C)C(=O)NCCCCCCCC(=O)O)C4=O)C3=O. The van der Waals surface area contributed by atoms with E-state index in [-0.39, 0.29) is 53.3 Å². The van der Waals surface area contributed by atoms with Gasteiger partial charge in [-0.2, -0.15) is 0 Å². The third kappa shape index (κ3) is 7.18. The summed E-state index contributed by atoms with van der Waals surface area (Å²) >= 11 is 0. The lowest BCUT2D eigenvalue weighted by molar-refractivity contribution is -0.171. The number of nitrogens with one attached hydrogen (secondary N) is 1. The van der Waals surface area contributed by atoms with Gasteiger partial charge in [-0.15, -0.1) is 0 Å². The van der Waals surface area contributed by atoms with Gasteiger partial charge in [-0.1, -0.05) is 54.7 Å². The Bertz CT molecular complexity index is 1970. The summed E-state index contributed by atoms with van der Waals surface area (Å²) in [6, 6.07) is 0. The standard InChI is InChI=1S/C46H59NO9/c1-27(2)15-14-21-44(8)22-20-31-37(50)36-38(51)33-25-30-26-34-43(6,7)56-45(41(30)52,46(33,34)55-40(36)32(39(31)54-44)18-17-28(3)4)23-19-29(5)42(53)47-24-13-11-9-10-12-16-35(48)49/h15,17,19-20,22,25,30,34,50H,9-14,16,18,21,23-24,26H2,1-8H3,(H,47,53)(H,48,49). The molecular formula is C46H59NO9. The smallest absolute Gasteiger partial charge is 0.303 e. The summed E-state index contributed by atoms with van der Waals surface area (Å²) in [6.07, 6.45) is 18.0. The normalized spacial score (nSPS) is 27.6. The molecule has 4 bridgehead atoms. The predicted octanol–water partition coefficient (Wildman–Crippen LogP) is 8.70. The highest BCUT2D eigenvalue weighted by Crippen LogP contribution is 2.68. The van der Waals surface area contributed by atoms with Gasteiger partial charge in [0.2, 0.25) is 5.91 Å². The number of phenolic OH excluding ortho intramolecular Hbond substituents is 1. The van der Waals surface area contributed by atoms with Crippen molar-refractivity contribution in [3.05, 3.63) is 69.4 Å². The highest BCUT2D eigenvalue weighted by atomic mass is 16.6. The fourth-order valence-electron chi connectivity index (χ4n) is 9.45. The lowest BCUT2D eigenvalue weighted by Gasteiger charge is -2.56. The summed E-state index contributed by atoms with van der Waals surface area (Å²) in [6.45, 7) is 16.2. The first-order chi connectivity index (χ1) is 26.4. The van der Waals surface area contributed by atoms with Crippen molar-refractivity contribution in [3.8, 4) is 17.2 Å². The molecule has 1 spiro atoms. The Morgan fingerprint density at radius 1 is 0.929 bits per heavy atom. The molecule has 56 heavy (non-hydrogen) atoms. The van der Waals surface area contributed by atoms with Crippen molar-refractivity contribution < 1.29 is 43.6 Å². The molecule has 5 unspecified atom stereocenters. The van der Waals surface area contributed by atoms with Gasteiger partial charge in [-0.25, -0.2) is 0 Å². The van der Waals surface area contributed by atoms with Gasteiger partial charge in [0.1, 0.15) is 28.4 Å². The van der Waals surface area contributed by atoms with E-state index in [1.165, 1.54) is 5.57 Å². The fraction of sp³-hybridized carbons (Fsp3) is 0.565. The molecule has 3 heterocycles. The van der Waals surface area contributed by atoms with E-state index in [2.05, 4.69) is 25.2 Å². The number of carboxylic acid groups (broad SMARTS) is 1. The van der Waals surface area contributed by atoms with Crippen LogP contribution in [0, 0.1) is 11.8 Å². The first kappa shape index (κ1) is 41.2. The molecule has 3 aliphatic heterocycles. The minimum absolute atomic E-state index is 0.0208. The maximum absolute atomic E-state index is 15.0. The van der Waals surface area contributed by atoms with Gasteiger partial charge in [0, 0.05) is 47.9 Å². The molecule has 1 saturated heterocycles. The third-order valence-corrected chi connectivity index (χ3v) is 12.4. The number of carbonyl (C=O) groups is 4. The average Bonchev–Trinajstić information content (AvgIpc) is 3.27. The number of amides is 1. The van der Waals surface area contributed by atoms with Crippen molar-refractivity contribution in [1.82, 2.24) is 5.32 Å². The van der Waals surface area contributed by atoms with E-state index in [9.17, 15) is 24.3 Å². The lowest BCUT2D eigenvalue weighted by Crippen LogP contribution is -2.72. The molecule has 0 radical (unpaired) electrons. The molecule has 10 heteroatoms. The number of benzene rings is 1. The van der Waals surface area contributed by atoms with Crippen LogP contribution in [-0.4, -0.2) is 62.6 Å². The zero-order valence-electron chi connectivity index (χ0n) is 34.4. The molecule has 10 nitrogen and oxygen atoms in total. The van der Waals surface area contributed by atoms with Gasteiger partial charge in [0.25, 0.3) is 0 Å². The van der Waals surface area contributed by atoms with Crippen LogP contribution >= 0.6 is 0 Å². The topological polar surface area (TPSA) is 148 Å². The van der Waals surface area contributed by atoms with Crippen LogP contribution in [0.4, 0.5) is 0 Å². The molecule has 5 atom stereocenters. The number of carbonyl (C=O) groups excluding carboxylic acids is 3. The van der Waals surface area contributed by atoms with Gasteiger partial charge in [0.05, 0.1) is 11.2 Å². The summed E-state index contributed by atoms with van der Waals surface area (Å²) in [4.78, 5) is 53.7. The number of aromatic hydroxyl groups is 1. The van der Waals surface area contributed by atoms with E-state index in [1.807, 2.05) is 52.8 Å². The molecule has 3 aliphatic carbocycles. The Morgan fingerprint density at radius 3 is 2.32 bits per heavy atom. The number of allylic oxidation sites excluding steroid dienone is 5. The highest BCUT2D eigenvalue weighted by Gasteiger charge is 2.81. The monoisotopic (exact) mass is 769 g/mol. The molecule has 1 amide bonds. The predicted molar refractivity (Wildman–Crippen MR) is 215 cm³/mol. The Kier molecular flexibility index (Phi) is 11.4. The van der Waals surface area contributed by atoms with Crippen molar-refractivity contribution in [2.45, 2.75) is 148 Å². The van der Waals surface area contributed by atoms with Crippen molar-refractivity contribution in [3.63, 3.8) is 0 Å². The zero-order valence-corrected chi connectivity index (χ0v) is 34.4. The van der Waals surface area contributed by atoms with Crippen LogP contribution in [0.2, 0.25) is 0 Å². The van der Waals surface area contributed by atoms with E-state index < -0.39 is 34.3 Å². The number of phenols is 1. The van der Waals surface area contributed by atoms with Crippen LogP contribution in [0.1, 0.15) is 141 Å². The van der Waals surface area contributed by atoms with Crippen molar-refractivity contribution in [2.75, 3.05) is 6.54 Å². The fourth-order valence-corrected chi connectivity index (χ4v) is 9.45. The molecule has 2 fully saturated rings. The van der Waals surface area contributed by atoms with Gasteiger partial charge in [-0.3, -0.25) is 19.2 Å². The summed E-state index contributed by atoms with van der Waals surface area (Å²) in [7, 11) is 0. The molecular weight excluding hydrogens is 711 g/mol. The molecule has 1 aromatic rings. The van der Waals surface area contributed by atoms with Gasteiger partial charge >= 0.3 is 5.97 Å². The molecule has 1 aromatic carbocycles. The summed E-state index contributed by atoms with van der Waals surface area (Å²) < 4.78 is 21.0. The number of ether oxygens (including phenoxy) is 3. The maximum atomic E-state index is 15.0. The largest absolute Gasteiger partial charge is 0.506 e. The Hall–Kier alpha value is -4.44.